The summed E-state index contributed by atoms with van der Waals surface area (Å²) in [6, 6.07) is 2.15. The molecule has 2 aliphatic rings. The van der Waals surface area contributed by atoms with Gasteiger partial charge in [-0.15, -0.1) is 0 Å². The fraction of sp³-hybridized carbons (Fsp3) is 0.647. The molecule has 2 unspecified atom stereocenters. The van der Waals surface area contributed by atoms with Gasteiger partial charge in [0.2, 0.25) is 5.89 Å². The van der Waals surface area contributed by atoms with Gasteiger partial charge in [-0.1, -0.05) is 18.0 Å². The second-order valence-corrected chi connectivity index (χ2v) is 7.49. The van der Waals surface area contributed by atoms with Gasteiger partial charge in [0.05, 0.1) is 18.8 Å². The molecule has 2 fully saturated rings. The van der Waals surface area contributed by atoms with Gasteiger partial charge < -0.3 is 9.26 Å². The molecule has 0 spiro atoms. The van der Waals surface area contributed by atoms with Crippen molar-refractivity contribution in [3.05, 3.63) is 34.1 Å². The van der Waals surface area contributed by atoms with E-state index in [0.717, 1.165) is 24.8 Å². The molecular formula is C17H23N3O2S. The van der Waals surface area contributed by atoms with Crippen molar-refractivity contribution in [3.63, 3.8) is 0 Å². The van der Waals surface area contributed by atoms with Crippen LogP contribution >= 0.6 is 11.3 Å². The number of aromatic nitrogens is 2. The Kier molecular flexibility index (Phi) is 4.46. The third-order valence-electron chi connectivity index (χ3n) is 4.81. The zero-order valence-electron chi connectivity index (χ0n) is 13.5. The van der Waals surface area contributed by atoms with Crippen LogP contribution in [0.25, 0.3) is 0 Å². The molecule has 1 saturated heterocycles. The van der Waals surface area contributed by atoms with Gasteiger partial charge in [0.25, 0.3) is 0 Å². The smallest absolute Gasteiger partial charge is 0.240 e. The first kappa shape index (κ1) is 15.3. The predicted molar refractivity (Wildman–Crippen MR) is 88.4 cm³/mol. The second-order valence-electron chi connectivity index (χ2n) is 6.71. The highest BCUT2D eigenvalue weighted by atomic mass is 32.1. The van der Waals surface area contributed by atoms with Gasteiger partial charge in [-0.05, 0) is 42.2 Å². The first-order chi connectivity index (χ1) is 11.3. The Morgan fingerprint density at radius 1 is 1.30 bits per heavy atom. The summed E-state index contributed by atoms with van der Waals surface area (Å²) >= 11 is 1.72. The number of rotatable bonds is 4. The first-order valence-electron chi connectivity index (χ1n) is 8.50. The predicted octanol–water partition coefficient (Wildman–Crippen LogP) is 3.75. The van der Waals surface area contributed by atoms with Crippen molar-refractivity contribution < 1.29 is 9.26 Å². The van der Waals surface area contributed by atoms with Crippen LogP contribution in [0.2, 0.25) is 0 Å². The summed E-state index contributed by atoms with van der Waals surface area (Å²) in [7, 11) is 0. The summed E-state index contributed by atoms with van der Waals surface area (Å²) in [5, 5.41) is 8.49. The van der Waals surface area contributed by atoms with E-state index >= 15 is 0 Å². The van der Waals surface area contributed by atoms with Crippen LogP contribution in [0.4, 0.5) is 0 Å². The van der Waals surface area contributed by atoms with Gasteiger partial charge in [0, 0.05) is 19.0 Å². The second kappa shape index (κ2) is 6.71. The van der Waals surface area contributed by atoms with Crippen LogP contribution in [0, 0.1) is 0 Å². The maximum absolute atomic E-state index is 6.08. The topological polar surface area (TPSA) is 51.4 Å². The molecule has 5 nitrogen and oxygen atoms in total. The van der Waals surface area contributed by atoms with Gasteiger partial charge in [0.15, 0.2) is 5.82 Å². The summed E-state index contributed by atoms with van der Waals surface area (Å²) in [5.41, 5.74) is 1.27. The molecule has 23 heavy (non-hydrogen) atoms. The van der Waals surface area contributed by atoms with Crippen molar-refractivity contribution in [2.75, 3.05) is 13.1 Å². The van der Waals surface area contributed by atoms with Gasteiger partial charge >= 0.3 is 0 Å². The molecule has 0 amide bonds. The Morgan fingerprint density at radius 3 is 2.96 bits per heavy atom. The maximum atomic E-state index is 6.08. The molecule has 1 aliphatic carbocycles. The molecule has 0 aromatic carbocycles. The van der Waals surface area contributed by atoms with Crippen LogP contribution in [-0.4, -0.2) is 34.2 Å². The fourth-order valence-corrected chi connectivity index (χ4v) is 4.39. The zero-order valence-corrected chi connectivity index (χ0v) is 14.3. The van der Waals surface area contributed by atoms with Crippen molar-refractivity contribution in [1.82, 2.24) is 15.0 Å². The van der Waals surface area contributed by atoms with Crippen LogP contribution in [0.5, 0.6) is 0 Å². The van der Waals surface area contributed by atoms with E-state index in [1.165, 1.54) is 31.2 Å². The highest BCUT2D eigenvalue weighted by molar-refractivity contribution is 7.07. The van der Waals surface area contributed by atoms with Gasteiger partial charge in [-0.25, -0.2) is 0 Å². The summed E-state index contributed by atoms with van der Waals surface area (Å²) in [5.74, 6) is 2.16. The molecule has 1 aliphatic heterocycles. The van der Waals surface area contributed by atoms with Crippen molar-refractivity contribution in [2.24, 2.45) is 0 Å². The van der Waals surface area contributed by atoms with Crippen LogP contribution in [0.3, 0.4) is 0 Å². The molecule has 6 heteroatoms. The van der Waals surface area contributed by atoms with Crippen molar-refractivity contribution in [2.45, 2.75) is 57.3 Å². The minimum Gasteiger partial charge on any atom is -0.368 e. The van der Waals surface area contributed by atoms with E-state index in [2.05, 4.69) is 38.8 Å². The van der Waals surface area contributed by atoms with E-state index in [4.69, 9.17) is 9.26 Å². The van der Waals surface area contributed by atoms with Crippen LogP contribution < -0.4 is 0 Å². The SMILES string of the molecule is CC1CN(Cc2nc(C3CCCC3)no2)CC(c2ccsc2)O1. The van der Waals surface area contributed by atoms with E-state index in [-0.39, 0.29) is 12.2 Å². The average molecular weight is 333 g/mol. The lowest BCUT2D eigenvalue weighted by Gasteiger charge is -2.35. The normalized spacial score (nSPS) is 26.8. The quantitative estimate of drug-likeness (QED) is 0.853. The number of ether oxygens (including phenoxy) is 1. The van der Waals surface area contributed by atoms with E-state index in [1.54, 1.807) is 11.3 Å². The lowest BCUT2D eigenvalue weighted by atomic mass is 10.1. The number of hydrogen-bond acceptors (Lipinski definition) is 6. The number of nitrogens with zero attached hydrogens (tertiary/aromatic N) is 3. The molecule has 1 saturated carbocycles. The Labute approximate surface area is 140 Å². The average Bonchev–Trinajstić information content (AvgIpc) is 3.29. The molecule has 0 bridgehead atoms. The Morgan fingerprint density at radius 2 is 2.17 bits per heavy atom. The summed E-state index contributed by atoms with van der Waals surface area (Å²) < 4.78 is 11.6. The highest BCUT2D eigenvalue weighted by Gasteiger charge is 2.28. The van der Waals surface area contributed by atoms with E-state index in [1.807, 2.05) is 0 Å². The summed E-state index contributed by atoms with van der Waals surface area (Å²) in [6.07, 6.45) is 5.34. The maximum Gasteiger partial charge on any atom is 0.240 e. The standard InChI is InChI=1S/C17H23N3O2S/c1-12-8-20(9-15(21-12)14-6-7-23-11-14)10-16-18-17(19-22-16)13-4-2-3-5-13/h6-7,11-13,15H,2-5,8-10H2,1H3. The molecular weight excluding hydrogens is 310 g/mol. The lowest BCUT2D eigenvalue weighted by molar-refractivity contribution is -0.0831. The molecule has 2 atom stereocenters. The minimum absolute atomic E-state index is 0.141. The molecule has 2 aromatic heterocycles. The zero-order chi connectivity index (χ0) is 15.6. The largest absolute Gasteiger partial charge is 0.368 e. The Balaban J connectivity index is 1.41. The summed E-state index contributed by atoms with van der Waals surface area (Å²) in [4.78, 5) is 7.00. The van der Waals surface area contributed by atoms with Crippen LogP contribution in [0.15, 0.2) is 21.3 Å². The van der Waals surface area contributed by atoms with Gasteiger partial charge in [0.1, 0.15) is 0 Å². The van der Waals surface area contributed by atoms with Gasteiger partial charge in [-0.3, -0.25) is 4.90 Å². The first-order valence-corrected chi connectivity index (χ1v) is 9.44. The Bertz CT molecular complexity index is 622. The summed E-state index contributed by atoms with van der Waals surface area (Å²) in [6.45, 7) is 4.63. The van der Waals surface area contributed by atoms with Crippen molar-refractivity contribution >= 4 is 11.3 Å². The molecule has 3 heterocycles. The third kappa shape index (κ3) is 3.49. The van der Waals surface area contributed by atoms with Crippen molar-refractivity contribution in [1.29, 1.82) is 0 Å². The fourth-order valence-electron chi connectivity index (χ4n) is 3.68. The Hall–Kier alpha value is -1.24. The van der Waals surface area contributed by atoms with Crippen LogP contribution in [0.1, 0.15) is 61.9 Å². The van der Waals surface area contributed by atoms with E-state index < -0.39 is 0 Å². The number of morpholine rings is 1. The van der Waals surface area contributed by atoms with Gasteiger partial charge in [-0.2, -0.15) is 16.3 Å². The van der Waals surface area contributed by atoms with E-state index in [9.17, 15) is 0 Å². The third-order valence-corrected chi connectivity index (χ3v) is 5.52. The molecule has 124 valence electrons. The molecule has 2 aromatic rings. The van der Waals surface area contributed by atoms with Crippen molar-refractivity contribution in [3.8, 4) is 0 Å². The molecule has 0 N–H and O–H groups in total. The number of hydrogen-bond donors (Lipinski definition) is 0. The van der Waals surface area contributed by atoms with E-state index in [0.29, 0.717) is 12.5 Å². The minimum atomic E-state index is 0.141. The monoisotopic (exact) mass is 333 g/mol. The molecule has 0 radical (unpaired) electrons. The lowest BCUT2D eigenvalue weighted by Crippen LogP contribution is -2.42. The molecule has 4 rings (SSSR count). The van der Waals surface area contributed by atoms with Crippen LogP contribution in [-0.2, 0) is 11.3 Å². The highest BCUT2D eigenvalue weighted by Crippen LogP contribution is 2.32. The number of thiophene rings is 1.